The maximum Gasteiger partial charge on any atom is 0.272 e. The van der Waals surface area contributed by atoms with Crippen LogP contribution in [0.15, 0.2) is 148 Å². The smallest absolute Gasteiger partial charge is 0.272 e. The Kier molecular flexibility index (Phi) is 9.55. The zero-order valence-electron chi connectivity index (χ0n) is 25.3. The molecule has 5 aromatic carbocycles. The van der Waals surface area contributed by atoms with Crippen molar-refractivity contribution in [3.8, 4) is 11.5 Å². The molecule has 0 saturated heterocycles. The number of para-hydroxylation sites is 2. The van der Waals surface area contributed by atoms with Gasteiger partial charge in [-0.2, -0.15) is 0 Å². The molecule has 232 valence electrons. The van der Waals surface area contributed by atoms with E-state index in [4.69, 9.17) is 4.42 Å². The molecule has 0 radical (unpaired) electrons. The molecule has 0 aliphatic carbocycles. The first-order valence-electron chi connectivity index (χ1n) is 14.9. The fraction of sp³-hybridized carbons (Fsp3) is 0.0526. The highest BCUT2D eigenvalue weighted by Crippen LogP contribution is 2.28. The third-order valence-electron chi connectivity index (χ3n) is 7.11. The Morgan fingerprint density at radius 3 is 2.19 bits per heavy atom. The van der Waals surface area contributed by atoms with Crippen LogP contribution in [0, 0.1) is 0 Å². The van der Waals surface area contributed by atoms with E-state index in [-0.39, 0.29) is 11.6 Å². The summed E-state index contributed by atoms with van der Waals surface area (Å²) in [5.41, 5.74) is 4.77. The molecule has 1 heterocycles. The fourth-order valence-electron chi connectivity index (χ4n) is 4.70. The lowest BCUT2D eigenvalue weighted by atomic mass is 10.1. The molecule has 6 aromatic rings. The van der Waals surface area contributed by atoms with Crippen molar-refractivity contribution in [2.24, 2.45) is 0 Å². The van der Waals surface area contributed by atoms with Gasteiger partial charge in [0.25, 0.3) is 11.8 Å². The van der Waals surface area contributed by atoms with E-state index in [0.29, 0.717) is 28.4 Å². The van der Waals surface area contributed by atoms with Gasteiger partial charge >= 0.3 is 0 Å². The van der Waals surface area contributed by atoms with Crippen LogP contribution in [0.3, 0.4) is 0 Å². The summed E-state index contributed by atoms with van der Waals surface area (Å²) in [4.78, 5) is 44.7. The normalized spacial score (nSPS) is 11.9. The Morgan fingerprint density at radius 2 is 1.45 bits per heavy atom. The van der Waals surface area contributed by atoms with Crippen molar-refractivity contribution in [3.05, 3.63) is 150 Å². The van der Waals surface area contributed by atoms with Gasteiger partial charge in [-0.1, -0.05) is 66.7 Å². The number of hydrogen-bond donors (Lipinski definition) is 3. The van der Waals surface area contributed by atoms with Crippen LogP contribution in [0.5, 0.6) is 0 Å². The monoisotopic (exact) mass is 638 g/mol. The molecule has 3 amide bonds. The number of benzene rings is 5. The van der Waals surface area contributed by atoms with E-state index in [1.165, 1.54) is 11.8 Å². The molecule has 3 N–H and O–H groups in total. The first kappa shape index (κ1) is 31.1. The van der Waals surface area contributed by atoms with E-state index in [9.17, 15) is 14.4 Å². The number of hydrogen-bond acceptors (Lipinski definition) is 6. The van der Waals surface area contributed by atoms with Crippen molar-refractivity contribution in [2.75, 3.05) is 10.6 Å². The Bertz CT molecular complexity index is 2030. The first-order valence-corrected chi connectivity index (χ1v) is 15.8. The van der Waals surface area contributed by atoms with E-state index in [0.717, 1.165) is 21.5 Å². The molecular weight excluding hydrogens is 609 g/mol. The number of oxazole rings is 1. The molecule has 47 heavy (non-hydrogen) atoms. The zero-order chi connectivity index (χ0) is 32.6. The number of thioether (sulfide) groups is 1. The minimum atomic E-state index is -0.479. The van der Waals surface area contributed by atoms with Gasteiger partial charge in [0.05, 0.1) is 5.25 Å². The van der Waals surface area contributed by atoms with E-state index >= 15 is 0 Å². The molecule has 0 fully saturated rings. The topological polar surface area (TPSA) is 113 Å². The first-order chi connectivity index (χ1) is 22.9. The van der Waals surface area contributed by atoms with Gasteiger partial charge in [0.2, 0.25) is 11.8 Å². The number of anilines is 2. The maximum atomic E-state index is 13.4. The van der Waals surface area contributed by atoms with Crippen molar-refractivity contribution >= 4 is 58.0 Å². The SMILES string of the molecule is CC(Sc1cccc(NC(=O)/C(=C/c2ccccc2)NC(=O)c2ccccc2)c1)C(=O)Nc1ccc(-c2nc3ccccc3o2)cc1. The fourth-order valence-corrected chi connectivity index (χ4v) is 5.62. The highest BCUT2D eigenvalue weighted by Gasteiger charge is 2.18. The molecule has 1 aromatic heterocycles. The van der Waals surface area contributed by atoms with Gasteiger partial charge in [-0.15, -0.1) is 11.8 Å². The number of carbonyl (C=O) groups is 3. The minimum absolute atomic E-state index is 0.0953. The van der Waals surface area contributed by atoms with Crippen LogP contribution in [-0.2, 0) is 9.59 Å². The predicted molar refractivity (Wildman–Crippen MR) is 187 cm³/mol. The summed E-state index contributed by atoms with van der Waals surface area (Å²) in [5, 5.41) is 8.15. The molecule has 8 nitrogen and oxygen atoms in total. The molecule has 1 unspecified atom stereocenters. The number of aromatic nitrogens is 1. The number of nitrogens with zero attached hydrogens (tertiary/aromatic N) is 1. The second-order valence-corrected chi connectivity index (χ2v) is 12.0. The average Bonchev–Trinajstić information content (AvgIpc) is 3.54. The van der Waals surface area contributed by atoms with Gasteiger partial charge in [-0.3, -0.25) is 14.4 Å². The van der Waals surface area contributed by atoms with E-state index in [1.54, 1.807) is 48.5 Å². The summed E-state index contributed by atoms with van der Waals surface area (Å²) in [6, 6.07) is 40.1. The van der Waals surface area contributed by atoms with Crippen molar-refractivity contribution in [1.82, 2.24) is 10.3 Å². The molecule has 0 bridgehead atoms. The van der Waals surface area contributed by atoms with Crippen molar-refractivity contribution in [1.29, 1.82) is 0 Å². The second-order valence-electron chi connectivity index (χ2n) is 10.6. The molecule has 0 saturated carbocycles. The van der Waals surface area contributed by atoms with Gasteiger partial charge in [0.1, 0.15) is 11.2 Å². The van der Waals surface area contributed by atoms with Gasteiger partial charge in [0.15, 0.2) is 5.58 Å². The quantitative estimate of drug-likeness (QED) is 0.103. The number of carbonyl (C=O) groups excluding carboxylic acids is 3. The van der Waals surface area contributed by atoms with Crippen LogP contribution in [0.4, 0.5) is 11.4 Å². The molecule has 0 aliphatic rings. The van der Waals surface area contributed by atoms with Gasteiger partial charge in [-0.05, 0) is 85.3 Å². The summed E-state index contributed by atoms with van der Waals surface area (Å²) in [7, 11) is 0. The van der Waals surface area contributed by atoms with E-state index in [1.807, 2.05) is 97.9 Å². The van der Waals surface area contributed by atoms with Gasteiger partial charge in [-0.25, -0.2) is 4.98 Å². The van der Waals surface area contributed by atoms with Crippen LogP contribution in [0.2, 0.25) is 0 Å². The molecular formula is C38H30N4O4S. The summed E-state index contributed by atoms with van der Waals surface area (Å²) in [6.07, 6.45) is 1.63. The van der Waals surface area contributed by atoms with Crippen LogP contribution < -0.4 is 16.0 Å². The number of nitrogens with one attached hydrogen (secondary N) is 3. The van der Waals surface area contributed by atoms with Gasteiger partial charge < -0.3 is 20.4 Å². The lowest BCUT2D eigenvalue weighted by Gasteiger charge is -2.14. The van der Waals surface area contributed by atoms with E-state index in [2.05, 4.69) is 20.9 Å². The highest BCUT2D eigenvalue weighted by molar-refractivity contribution is 8.00. The summed E-state index contributed by atoms with van der Waals surface area (Å²) < 4.78 is 5.84. The second kappa shape index (κ2) is 14.4. The Hall–Kier alpha value is -5.93. The summed E-state index contributed by atoms with van der Waals surface area (Å²) in [5.74, 6) is -0.530. The van der Waals surface area contributed by atoms with Crippen molar-refractivity contribution < 1.29 is 18.8 Å². The summed E-state index contributed by atoms with van der Waals surface area (Å²) >= 11 is 1.36. The Morgan fingerprint density at radius 1 is 0.745 bits per heavy atom. The van der Waals surface area contributed by atoms with Crippen LogP contribution in [-0.4, -0.2) is 28.0 Å². The molecule has 0 aliphatic heterocycles. The lowest BCUT2D eigenvalue weighted by Crippen LogP contribution is -2.30. The predicted octanol–water partition coefficient (Wildman–Crippen LogP) is 8.02. The lowest BCUT2D eigenvalue weighted by molar-refractivity contribution is -0.115. The maximum absolute atomic E-state index is 13.4. The zero-order valence-corrected chi connectivity index (χ0v) is 26.2. The standard InChI is InChI=1S/C38H30N4O4S/c1-25(35(43)39-29-21-19-28(20-22-29)38-42-32-17-8-9-18-34(32)46-38)47-31-16-10-15-30(24-31)40-37(45)33(23-26-11-4-2-5-12-26)41-36(44)27-13-6-3-7-14-27/h2-25H,1H3,(H,39,43)(H,40,45)(H,41,44)/b33-23-. The largest absolute Gasteiger partial charge is 0.436 e. The summed E-state index contributed by atoms with van der Waals surface area (Å²) in [6.45, 7) is 1.82. The molecule has 6 rings (SSSR count). The number of fused-ring (bicyclic) bond motifs is 1. The third-order valence-corrected chi connectivity index (χ3v) is 8.20. The van der Waals surface area contributed by atoms with E-state index < -0.39 is 17.1 Å². The number of rotatable bonds is 10. The molecule has 0 spiro atoms. The highest BCUT2D eigenvalue weighted by atomic mass is 32.2. The molecule has 1 atom stereocenters. The Balaban J connectivity index is 1.09. The van der Waals surface area contributed by atoms with Crippen LogP contribution >= 0.6 is 11.8 Å². The molecule has 9 heteroatoms. The van der Waals surface area contributed by atoms with Crippen molar-refractivity contribution in [2.45, 2.75) is 17.1 Å². The minimum Gasteiger partial charge on any atom is -0.436 e. The number of amides is 3. The van der Waals surface area contributed by atoms with Crippen LogP contribution in [0.1, 0.15) is 22.8 Å². The van der Waals surface area contributed by atoms with Crippen molar-refractivity contribution in [3.63, 3.8) is 0 Å². The van der Waals surface area contributed by atoms with Gasteiger partial charge in [0, 0.05) is 27.4 Å². The third kappa shape index (κ3) is 8.02. The average molecular weight is 639 g/mol. The van der Waals surface area contributed by atoms with Crippen LogP contribution in [0.25, 0.3) is 28.6 Å². The Labute approximate surface area is 275 Å².